The monoisotopic (exact) mass is 393 g/mol. The molecule has 0 radical (unpaired) electrons. The van der Waals surface area contributed by atoms with Gasteiger partial charge in [-0.1, -0.05) is 17.4 Å². The van der Waals surface area contributed by atoms with Crippen LogP contribution in [0, 0.1) is 0 Å². The van der Waals surface area contributed by atoms with Crippen molar-refractivity contribution in [1.29, 1.82) is 0 Å². The van der Waals surface area contributed by atoms with Crippen LogP contribution in [-0.2, 0) is 0 Å². The van der Waals surface area contributed by atoms with E-state index in [2.05, 4.69) is 54.6 Å². The third-order valence-electron chi connectivity index (χ3n) is 4.89. The molecular weight excluding hydrogens is 374 g/mol. The fourth-order valence-electron chi connectivity index (χ4n) is 3.26. The maximum atomic E-state index is 4.77. The van der Waals surface area contributed by atoms with E-state index in [0.717, 1.165) is 58.6 Å². The van der Waals surface area contributed by atoms with Gasteiger partial charge in [-0.2, -0.15) is 0 Å². The van der Waals surface area contributed by atoms with Crippen molar-refractivity contribution in [3.05, 3.63) is 42.7 Å². The van der Waals surface area contributed by atoms with Gasteiger partial charge < -0.3 is 15.1 Å². The van der Waals surface area contributed by atoms with E-state index >= 15 is 0 Å². The third-order valence-corrected chi connectivity index (χ3v) is 5.85. The summed E-state index contributed by atoms with van der Waals surface area (Å²) < 4.78 is 4.77. The van der Waals surface area contributed by atoms with Crippen LogP contribution in [0.5, 0.6) is 0 Å². The Morgan fingerprint density at radius 2 is 1.86 bits per heavy atom. The summed E-state index contributed by atoms with van der Waals surface area (Å²) in [5.41, 5.74) is 3.71. The van der Waals surface area contributed by atoms with Crippen LogP contribution in [0.15, 0.2) is 47.4 Å². The number of anilines is 3. The van der Waals surface area contributed by atoms with Crippen molar-refractivity contribution in [3.8, 4) is 10.4 Å². The van der Waals surface area contributed by atoms with E-state index in [1.807, 2.05) is 30.6 Å². The average molecular weight is 393 g/mol. The summed E-state index contributed by atoms with van der Waals surface area (Å²) in [7, 11) is 2.16. The van der Waals surface area contributed by atoms with E-state index in [1.54, 1.807) is 11.3 Å². The number of piperazine rings is 1. The van der Waals surface area contributed by atoms with Crippen molar-refractivity contribution in [2.45, 2.75) is 0 Å². The van der Waals surface area contributed by atoms with Crippen molar-refractivity contribution in [3.63, 3.8) is 0 Å². The molecule has 1 aromatic carbocycles. The molecule has 0 spiro atoms. The molecule has 4 heterocycles. The topological polar surface area (TPSA) is 83.2 Å². The van der Waals surface area contributed by atoms with E-state index < -0.39 is 0 Å². The summed E-state index contributed by atoms with van der Waals surface area (Å²) in [5.74, 6) is 0.800. The molecule has 0 amide bonds. The molecule has 8 nitrogen and oxygen atoms in total. The van der Waals surface area contributed by atoms with Gasteiger partial charge >= 0.3 is 0 Å². The first kappa shape index (κ1) is 17.1. The van der Waals surface area contributed by atoms with Gasteiger partial charge in [0.25, 0.3) is 0 Å². The SMILES string of the molecule is CN1CCN(c2ccnc(Nc3ncc(-c4ccc5nonc5c4)s3)c2)CC1. The smallest absolute Gasteiger partial charge is 0.188 e. The number of nitrogens with zero attached hydrogens (tertiary/aromatic N) is 6. The number of fused-ring (bicyclic) bond motifs is 1. The van der Waals surface area contributed by atoms with Gasteiger partial charge in [-0.15, -0.1) is 0 Å². The Morgan fingerprint density at radius 3 is 2.75 bits per heavy atom. The summed E-state index contributed by atoms with van der Waals surface area (Å²) >= 11 is 1.57. The van der Waals surface area contributed by atoms with Crippen molar-refractivity contribution in [2.75, 3.05) is 43.4 Å². The Labute approximate surface area is 165 Å². The van der Waals surface area contributed by atoms with Gasteiger partial charge in [0.05, 0.1) is 4.88 Å². The molecular formula is C19H19N7OS. The maximum Gasteiger partial charge on any atom is 0.188 e. The Balaban J connectivity index is 1.33. The molecule has 9 heteroatoms. The third kappa shape index (κ3) is 3.41. The lowest BCUT2D eigenvalue weighted by molar-refractivity contribution is 0.313. The van der Waals surface area contributed by atoms with E-state index in [4.69, 9.17) is 4.63 Å². The standard InChI is InChI=1S/C19H19N7OS/c1-25-6-8-26(9-7-25)14-4-5-20-18(11-14)22-19-21-12-17(28-19)13-2-3-15-16(10-13)24-27-23-15/h2-5,10-12H,6-9H2,1H3,(H,20,21,22). The van der Waals surface area contributed by atoms with Gasteiger partial charge in [-0.25, -0.2) is 14.6 Å². The largest absolute Gasteiger partial charge is 0.369 e. The molecule has 1 aliphatic rings. The molecule has 28 heavy (non-hydrogen) atoms. The zero-order valence-corrected chi connectivity index (χ0v) is 16.2. The molecule has 0 saturated carbocycles. The molecule has 1 aliphatic heterocycles. The number of hydrogen-bond donors (Lipinski definition) is 1. The van der Waals surface area contributed by atoms with E-state index in [9.17, 15) is 0 Å². The highest BCUT2D eigenvalue weighted by Gasteiger charge is 2.15. The van der Waals surface area contributed by atoms with Crippen molar-refractivity contribution in [2.24, 2.45) is 0 Å². The zero-order valence-electron chi connectivity index (χ0n) is 15.4. The van der Waals surface area contributed by atoms with Crippen molar-refractivity contribution in [1.82, 2.24) is 25.2 Å². The average Bonchev–Trinajstić information content (AvgIpc) is 3.37. The Hall–Kier alpha value is -3.04. The molecule has 142 valence electrons. The molecule has 3 aromatic heterocycles. The second-order valence-electron chi connectivity index (χ2n) is 6.81. The molecule has 0 unspecified atom stereocenters. The van der Waals surface area contributed by atoms with Crippen LogP contribution in [0.4, 0.5) is 16.6 Å². The highest BCUT2D eigenvalue weighted by atomic mass is 32.1. The molecule has 1 N–H and O–H groups in total. The van der Waals surface area contributed by atoms with Gasteiger partial charge in [-0.05, 0) is 41.1 Å². The lowest BCUT2D eigenvalue weighted by Gasteiger charge is -2.34. The summed E-state index contributed by atoms with van der Waals surface area (Å²) in [6.45, 7) is 4.21. The quantitative estimate of drug-likeness (QED) is 0.566. The molecule has 0 aliphatic carbocycles. The van der Waals surface area contributed by atoms with E-state index in [1.165, 1.54) is 5.69 Å². The molecule has 4 aromatic rings. The van der Waals surface area contributed by atoms with Crippen LogP contribution in [0.1, 0.15) is 0 Å². The normalized spacial score (nSPS) is 15.2. The predicted molar refractivity (Wildman–Crippen MR) is 110 cm³/mol. The summed E-state index contributed by atoms with van der Waals surface area (Å²) in [6, 6.07) is 9.99. The van der Waals surface area contributed by atoms with Crippen molar-refractivity contribution < 1.29 is 4.63 Å². The van der Waals surface area contributed by atoms with Crippen LogP contribution in [0.25, 0.3) is 21.5 Å². The summed E-state index contributed by atoms with van der Waals surface area (Å²) in [5, 5.41) is 11.9. The minimum Gasteiger partial charge on any atom is -0.369 e. The van der Waals surface area contributed by atoms with E-state index in [-0.39, 0.29) is 0 Å². The second kappa shape index (κ2) is 7.17. The number of benzene rings is 1. The number of pyridine rings is 1. The molecule has 0 atom stereocenters. The number of hydrogen-bond acceptors (Lipinski definition) is 9. The van der Waals surface area contributed by atoms with E-state index in [0.29, 0.717) is 0 Å². The van der Waals surface area contributed by atoms with Crippen LogP contribution < -0.4 is 10.2 Å². The first-order valence-corrected chi connectivity index (χ1v) is 9.91. The first-order chi connectivity index (χ1) is 13.7. The van der Waals surface area contributed by atoms with Crippen LogP contribution in [0.3, 0.4) is 0 Å². The number of rotatable bonds is 4. The highest BCUT2D eigenvalue weighted by molar-refractivity contribution is 7.18. The van der Waals surface area contributed by atoms with Crippen LogP contribution in [-0.4, -0.2) is 58.4 Å². The zero-order chi connectivity index (χ0) is 18.9. The van der Waals surface area contributed by atoms with Crippen molar-refractivity contribution >= 4 is 39.0 Å². The van der Waals surface area contributed by atoms with Gasteiger partial charge in [0.15, 0.2) is 5.13 Å². The van der Waals surface area contributed by atoms with Crippen LogP contribution >= 0.6 is 11.3 Å². The molecule has 0 bridgehead atoms. The van der Waals surface area contributed by atoms with Gasteiger partial charge in [0, 0.05) is 50.3 Å². The molecule has 1 saturated heterocycles. The number of thiazole rings is 1. The number of aromatic nitrogens is 4. The lowest BCUT2D eigenvalue weighted by atomic mass is 10.2. The number of nitrogens with one attached hydrogen (secondary N) is 1. The first-order valence-electron chi connectivity index (χ1n) is 9.10. The molecule has 1 fully saturated rings. The Kier molecular flexibility index (Phi) is 4.38. The maximum absolute atomic E-state index is 4.77. The minimum atomic E-state index is 0.738. The Bertz CT molecular complexity index is 1100. The van der Waals surface area contributed by atoms with Crippen LogP contribution in [0.2, 0.25) is 0 Å². The molecule has 5 rings (SSSR count). The number of likely N-dealkylation sites (N-methyl/N-ethyl adjacent to an activating group) is 1. The highest BCUT2D eigenvalue weighted by Crippen LogP contribution is 2.32. The van der Waals surface area contributed by atoms with Gasteiger partial charge in [-0.3, -0.25) is 0 Å². The second-order valence-corrected chi connectivity index (χ2v) is 7.84. The fourth-order valence-corrected chi connectivity index (χ4v) is 4.08. The minimum absolute atomic E-state index is 0.738. The van der Waals surface area contributed by atoms with Gasteiger partial charge in [0.2, 0.25) is 0 Å². The Morgan fingerprint density at radius 1 is 1.00 bits per heavy atom. The fraction of sp³-hybridized carbons (Fsp3) is 0.263. The summed E-state index contributed by atoms with van der Waals surface area (Å²) in [6.07, 6.45) is 3.70. The van der Waals surface area contributed by atoms with Gasteiger partial charge in [0.1, 0.15) is 16.9 Å². The predicted octanol–water partition coefficient (Wildman–Crippen LogP) is 3.24. The summed E-state index contributed by atoms with van der Waals surface area (Å²) in [4.78, 5) is 14.7. The lowest BCUT2D eigenvalue weighted by Crippen LogP contribution is -2.44.